The summed E-state index contributed by atoms with van der Waals surface area (Å²) < 4.78 is 42.8. The van der Waals surface area contributed by atoms with Gasteiger partial charge in [0.05, 0.1) is 18.1 Å². The molecule has 1 heterocycles. The molecule has 1 saturated heterocycles. The lowest BCUT2D eigenvalue weighted by molar-refractivity contribution is 0.0619. The SMILES string of the molecule is CCOC(=O)N[C@H](C(=O)c1ccc(C)cc1)N(Cc1ccc(F)cc1)[C@H]1CCS(=O)(=O)C1. The maximum absolute atomic E-state index is 13.5. The molecule has 7 nitrogen and oxygen atoms in total. The number of ether oxygens (including phenoxy) is 1. The number of amides is 1. The Morgan fingerprint density at radius 3 is 2.38 bits per heavy atom. The molecule has 2 aromatic carbocycles. The number of halogens is 1. The van der Waals surface area contributed by atoms with E-state index in [4.69, 9.17) is 4.74 Å². The summed E-state index contributed by atoms with van der Waals surface area (Å²) in [5.74, 6) is -0.913. The van der Waals surface area contributed by atoms with Crippen LogP contribution in [-0.4, -0.2) is 55.5 Å². The predicted octanol–water partition coefficient (Wildman–Crippen LogP) is 3.08. The molecule has 1 aliphatic heterocycles. The summed E-state index contributed by atoms with van der Waals surface area (Å²) in [7, 11) is -3.26. The fraction of sp³-hybridized carbons (Fsp3) is 0.391. The van der Waals surface area contributed by atoms with Crippen LogP contribution < -0.4 is 5.32 Å². The molecule has 0 aliphatic carbocycles. The van der Waals surface area contributed by atoms with Crippen LogP contribution in [0.25, 0.3) is 0 Å². The number of Topliss-reactive ketones (excluding diaryl/α,β-unsaturated/α-hetero) is 1. The zero-order valence-electron chi connectivity index (χ0n) is 18.1. The minimum Gasteiger partial charge on any atom is -0.450 e. The summed E-state index contributed by atoms with van der Waals surface area (Å²) >= 11 is 0. The van der Waals surface area contributed by atoms with Crippen LogP contribution in [0.1, 0.15) is 34.8 Å². The minimum atomic E-state index is -3.26. The van der Waals surface area contributed by atoms with Gasteiger partial charge in [-0.25, -0.2) is 17.6 Å². The molecule has 0 aromatic heterocycles. The van der Waals surface area contributed by atoms with Crippen molar-refractivity contribution in [3.05, 3.63) is 71.0 Å². The molecule has 2 atom stereocenters. The number of benzene rings is 2. The van der Waals surface area contributed by atoms with Crippen molar-refractivity contribution in [3.63, 3.8) is 0 Å². The highest BCUT2D eigenvalue weighted by Crippen LogP contribution is 2.24. The van der Waals surface area contributed by atoms with E-state index in [0.717, 1.165) is 5.56 Å². The van der Waals surface area contributed by atoms with E-state index in [2.05, 4.69) is 5.32 Å². The molecule has 0 radical (unpaired) electrons. The standard InChI is InChI=1S/C23H27FN2O5S/c1-3-31-23(28)25-22(21(27)18-8-4-16(2)5-9-18)26(20-12-13-32(29,30)15-20)14-17-6-10-19(24)11-7-17/h4-11,20,22H,3,12-15H2,1-2H3,(H,25,28)/t20-,22-/m0/s1. The third-order valence-electron chi connectivity index (χ3n) is 5.40. The second-order valence-corrected chi connectivity index (χ2v) is 10.1. The van der Waals surface area contributed by atoms with Gasteiger partial charge in [-0.15, -0.1) is 0 Å². The highest BCUT2D eigenvalue weighted by atomic mass is 32.2. The fourth-order valence-electron chi connectivity index (χ4n) is 3.73. The second kappa shape index (κ2) is 10.2. The highest BCUT2D eigenvalue weighted by Gasteiger charge is 2.39. The quantitative estimate of drug-likeness (QED) is 0.479. The van der Waals surface area contributed by atoms with Crippen molar-refractivity contribution < 1.29 is 27.1 Å². The van der Waals surface area contributed by atoms with Gasteiger partial charge in [-0.05, 0) is 38.0 Å². The fourth-order valence-corrected chi connectivity index (χ4v) is 5.47. The first-order chi connectivity index (χ1) is 15.2. The van der Waals surface area contributed by atoms with Crippen molar-refractivity contribution in [1.29, 1.82) is 0 Å². The van der Waals surface area contributed by atoms with Gasteiger partial charge in [0.1, 0.15) is 5.82 Å². The van der Waals surface area contributed by atoms with Crippen LogP contribution in [0, 0.1) is 12.7 Å². The van der Waals surface area contributed by atoms with E-state index in [-0.39, 0.29) is 30.4 Å². The average molecular weight is 463 g/mol. The van der Waals surface area contributed by atoms with Crippen molar-refractivity contribution in [2.24, 2.45) is 0 Å². The lowest BCUT2D eigenvalue weighted by Gasteiger charge is -2.35. The molecule has 1 aliphatic rings. The zero-order valence-corrected chi connectivity index (χ0v) is 18.9. The van der Waals surface area contributed by atoms with Crippen molar-refractivity contribution >= 4 is 21.7 Å². The van der Waals surface area contributed by atoms with E-state index in [1.807, 2.05) is 6.92 Å². The number of carbonyl (C=O) groups excluding carboxylic acids is 2. The Morgan fingerprint density at radius 1 is 1.16 bits per heavy atom. The van der Waals surface area contributed by atoms with Gasteiger partial charge in [-0.2, -0.15) is 0 Å². The summed E-state index contributed by atoms with van der Waals surface area (Å²) in [6, 6.07) is 12.2. The molecule has 32 heavy (non-hydrogen) atoms. The van der Waals surface area contributed by atoms with Crippen molar-refractivity contribution in [1.82, 2.24) is 10.2 Å². The normalized spacial score (nSPS) is 18.3. The van der Waals surface area contributed by atoms with Crippen LogP contribution in [0.3, 0.4) is 0 Å². The number of ketones is 1. The maximum Gasteiger partial charge on any atom is 0.408 e. The third kappa shape index (κ3) is 6.14. The zero-order chi connectivity index (χ0) is 23.3. The smallest absolute Gasteiger partial charge is 0.408 e. The predicted molar refractivity (Wildman–Crippen MR) is 118 cm³/mol. The van der Waals surface area contributed by atoms with Gasteiger partial charge >= 0.3 is 6.09 Å². The van der Waals surface area contributed by atoms with Gasteiger partial charge < -0.3 is 4.74 Å². The molecule has 9 heteroatoms. The van der Waals surface area contributed by atoms with Gasteiger partial charge in [-0.3, -0.25) is 15.0 Å². The van der Waals surface area contributed by atoms with Gasteiger partial charge in [0.2, 0.25) is 0 Å². The van der Waals surface area contributed by atoms with E-state index in [0.29, 0.717) is 17.5 Å². The van der Waals surface area contributed by atoms with Crippen LogP contribution >= 0.6 is 0 Å². The molecule has 2 aromatic rings. The van der Waals surface area contributed by atoms with E-state index in [1.165, 1.54) is 12.1 Å². The number of aryl methyl sites for hydroxylation is 1. The molecule has 1 amide bonds. The van der Waals surface area contributed by atoms with E-state index in [9.17, 15) is 22.4 Å². The Balaban J connectivity index is 1.99. The monoisotopic (exact) mass is 462 g/mol. The topological polar surface area (TPSA) is 92.8 Å². The molecular formula is C23H27FN2O5S. The first-order valence-corrected chi connectivity index (χ1v) is 12.3. The highest BCUT2D eigenvalue weighted by molar-refractivity contribution is 7.91. The summed E-state index contributed by atoms with van der Waals surface area (Å²) in [6.45, 7) is 3.81. The molecule has 1 N–H and O–H groups in total. The van der Waals surface area contributed by atoms with Gasteiger partial charge in [0, 0.05) is 18.2 Å². The maximum atomic E-state index is 13.5. The average Bonchev–Trinajstić information content (AvgIpc) is 3.11. The Hall–Kier alpha value is -2.78. The van der Waals surface area contributed by atoms with Gasteiger partial charge in [-0.1, -0.05) is 42.0 Å². The number of alkyl carbamates (subject to hydrolysis) is 1. The molecule has 0 bridgehead atoms. The van der Waals surface area contributed by atoms with Crippen molar-refractivity contribution in [2.45, 2.75) is 39.0 Å². The Kier molecular flexibility index (Phi) is 7.63. The minimum absolute atomic E-state index is 0.00241. The van der Waals surface area contributed by atoms with Gasteiger partial charge in [0.15, 0.2) is 21.8 Å². The van der Waals surface area contributed by atoms with Crippen LogP contribution in [0.4, 0.5) is 9.18 Å². The van der Waals surface area contributed by atoms with E-state index < -0.39 is 34.0 Å². The molecule has 0 unspecified atom stereocenters. The number of sulfone groups is 1. The molecular weight excluding hydrogens is 435 g/mol. The van der Waals surface area contributed by atoms with Crippen molar-refractivity contribution in [3.8, 4) is 0 Å². The van der Waals surface area contributed by atoms with E-state index in [1.54, 1.807) is 48.2 Å². The number of hydrogen-bond acceptors (Lipinski definition) is 6. The van der Waals surface area contributed by atoms with Gasteiger partial charge in [0.25, 0.3) is 0 Å². The summed E-state index contributed by atoms with van der Waals surface area (Å²) in [4.78, 5) is 27.4. The summed E-state index contributed by atoms with van der Waals surface area (Å²) in [5.41, 5.74) is 2.03. The Labute approximate surface area is 187 Å². The van der Waals surface area contributed by atoms with E-state index >= 15 is 0 Å². The number of nitrogens with zero attached hydrogens (tertiary/aromatic N) is 1. The molecule has 0 spiro atoms. The van der Waals surface area contributed by atoms with Crippen LogP contribution in [0.2, 0.25) is 0 Å². The first kappa shape index (κ1) is 23.9. The van der Waals surface area contributed by atoms with Crippen LogP contribution in [0.5, 0.6) is 0 Å². The Bertz CT molecular complexity index is 1050. The summed E-state index contributed by atoms with van der Waals surface area (Å²) in [5, 5.41) is 2.61. The summed E-state index contributed by atoms with van der Waals surface area (Å²) in [6.07, 6.45) is -1.60. The van der Waals surface area contributed by atoms with Crippen LogP contribution in [-0.2, 0) is 21.1 Å². The molecule has 1 fully saturated rings. The molecule has 172 valence electrons. The second-order valence-electron chi connectivity index (χ2n) is 7.85. The molecule has 3 rings (SSSR count). The number of rotatable bonds is 8. The number of hydrogen-bond donors (Lipinski definition) is 1. The largest absolute Gasteiger partial charge is 0.450 e. The number of carbonyl (C=O) groups is 2. The van der Waals surface area contributed by atoms with Crippen LogP contribution in [0.15, 0.2) is 48.5 Å². The third-order valence-corrected chi connectivity index (χ3v) is 7.15. The Morgan fingerprint density at radius 2 is 1.81 bits per heavy atom. The van der Waals surface area contributed by atoms with Crippen molar-refractivity contribution in [2.75, 3.05) is 18.1 Å². The number of nitrogens with one attached hydrogen (secondary N) is 1. The first-order valence-electron chi connectivity index (χ1n) is 10.4. The molecule has 0 saturated carbocycles. The lowest BCUT2D eigenvalue weighted by atomic mass is 10.0. The lowest BCUT2D eigenvalue weighted by Crippen LogP contribution is -2.56.